The third kappa shape index (κ3) is 3.59. The van der Waals surface area contributed by atoms with Gasteiger partial charge in [0.25, 0.3) is 0 Å². The average molecular weight is 218 g/mol. The predicted molar refractivity (Wildman–Crippen MR) is 57.8 cm³/mol. The van der Waals surface area contributed by atoms with E-state index >= 15 is 0 Å². The van der Waals surface area contributed by atoms with E-state index in [4.69, 9.17) is 5.84 Å². The Morgan fingerprint density at radius 3 is 2.64 bits per heavy atom. The van der Waals surface area contributed by atoms with Crippen molar-refractivity contribution in [1.82, 2.24) is 10.4 Å². The monoisotopic (exact) mass is 217 g/mol. The maximum atomic E-state index is 9.67. The van der Waals surface area contributed by atoms with Gasteiger partial charge in [-0.15, -0.1) is 12.4 Å². The van der Waals surface area contributed by atoms with Crippen molar-refractivity contribution in [1.29, 1.82) is 0 Å². The fourth-order valence-corrected chi connectivity index (χ4v) is 1.02. The number of pyridine rings is 1. The van der Waals surface area contributed by atoms with Crippen LogP contribution in [-0.2, 0) is 12.1 Å². The van der Waals surface area contributed by atoms with Gasteiger partial charge >= 0.3 is 0 Å². The van der Waals surface area contributed by atoms with Gasteiger partial charge in [0.1, 0.15) is 5.60 Å². The predicted octanol–water partition coefficient (Wildman–Crippen LogP) is 0.694. The molecule has 1 aromatic heterocycles. The number of rotatable bonds is 3. The fraction of sp³-hybridized carbons (Fsp3) is 0.444. The number of aliphatic hydroxyl groups is 1. The molecule has 4 N–H and O–H groups in total. The molecule has 0 spiro atoms. The van der Waals surface area contributed by atoms with Gasteiger partial charge in [-0.2, -0.15) is 0 Å². The molecule has 1 heterocycles. The summed E-state index contributed by atoms with van der Waals surface area (Å²) in [6.07, 6.45) is 0. The third-order valence-corrected chi connectivity index (χ3v) is 1.72. The van der Waals surface area contributed by atoms with Crippen LogP contribution >= 0.6 is 12.4 Å². The summed E-state index contributed by atoms with van der Waals surface area (Å²) < 4.78 is 0. The first-order valence-corrected chi connectivity index (χ1v) is 4.16. The maximum absolute atomic E-state index is 9.67. The second-order valence-electron chi connectivity index (χ2n) is 3.45. The van der Waals surface area contributed by atoms with Crippen LogP contribution in [0.5, 0.6) is 0 Å². The number of nitrogens with zero attached hydrogens (tertiary/aromatic N) is 1. The quantitative estimate of drug-likeness (QED) is 0.515. The summed E-state index contributed by atoms with van der Waals surface area (Å²) in [6.45, 7) is 3.91. The third-order valence-electron chi connectivity index (χ3n) is 1.72. The van der Waals surface area contributed by atoms with Crippen molar-refractivity contribution in [2.45, 2.75) is 26.0 Å². The zero-order valence-corrected chi connectivity index (χ0v) is 9.14. The Balaban J connectivity index is 0.00000169. The SMILES string of the molecule is CC(C)(O)c1cccc(CNN)n1.Cl. The molecule has 5 heteroatoms. The molecule has 14 heavy (non-hydrogen) atoms. The molecule has 0 unspecified atom stereocenters. The molecular weight excluding hydrogens is 202 g/mol. The molecular formula is C9H16ClN3O. The molecule has 0 aliphatic carbocycles. The standard InChI is InChI=1S/C9H15N3O.ClH/c1-9(2,13)8-5-3-4-7(12-8)6-11-10;/h3-5,11,13H,6,10H2,1-2H3;1H. The molecule has 0 aliphatic rings. The summed E-state index contributed by atoms with van der Waals surface area (Å²) in [7, 11) is 0. The van der Waals surface area contributed by atoms with E-state index in [1.807, 2.05) is 12.1 Å². The van der Waals surface area contributed by atoms with Crippen molar-refractivity contribution < 1.29 is 5.11 Å². The van der Waals surface area contributed by atoms with Crippen LogP contribution in [0.1, 0.15) is 25.2 Å². The van der Waals surface area contributed by atoms with Crippen LogP contribution in [0.4, 0.5) is 0 Å². The molecule has 0 aliphatic heterocycles. The van der Waals surface area contributed by atoms with E-state index in [1.165, 1.54) is 0 Å². The van der Waals surface area contributed by atoms with Crippen molar-refractivity contribution >= 4 is 12.4 Å². The van der Waals surface area contributed by atoms with Crippen molar-refractivity contribution in [3.05, 3.63) is 29.6 Å². The lowest BCUT2D eigenvalue weighted by Crippen LogP contribution is -2.23. The number of aromatic nitrogens is 1. The van der Waals surface area contributed by atoms with Crippen LogP contribution in [0, 0.1) is 0 Å². The van der Waals surface area contributed by atoms with E-state index in [2.05, 4.69) is 10.4 Å². The summed E-state index contributed by atoms with van der Waals surface area (Å²) in [5.74, 6) is 5.17. The molecule has 80 valence electrons. The number of nitrogens with two attached hydrogens (primary N) is 1. The van der Waals surface area contributed by atoms with Gasteiger partial charge in [0.15, 0.2) is 0 Å². The van der Waals surface area contributed by atoms with Gasteiger partial charge in [-0.1, -0.05) is 6.07 Å². The number of nitrogens with one attached hydrogen (secondary N) is 1. The minimum Gasteiger partial charge on any atom is -0.384 e. The first-order valence-electron chi connectivity index (χ1n) is 4.16. The van der Waals surface area contributed by atoms with Crippen molar-refractivity contribution in [3.63, 3.8) is 0 Å². The molecule has 0 fully saturated rings. The van der Waals surface area contributed by atoms with Crippen molar-refractivity contribution in [3.8, 4) is 0 Å². The van der Waals surface area contributed by atoms with Gasteiger partial charge in [-0.3, -0.25) is 16.3 Å². The number of halogens is 1. The zero-order chi connectivity index (χ0) is 9.90. The number of hydrogen-bond acceptors (Lipinski definition) is 4. The molecule has 0 saturated heterocycles. The highest BCUT2D eigenvalue weighted by molar-refractivity contribution is 5.85. The highest BCUT2D eigenvalue weighted by atomic mass is 35.5. The lowest BCUT2D eigenvalue weighted by atomic mass is 10.0. The van der Waals surface area contributed by atoms with Gasteiger partial charge in [0.2, 0.25) is 0 Å². The summed E-state index contributed by atoms with van der Waals surface area (Å²) in [4.78, 5) is 4.24. The Hall–Kier alpha value is -0.680. The summed E-state index contributed by atoms with van der Waals surface area (Å²) in [5.41, 5.74) is 3.09. The summed E-state index contributed by atoms with van der Waals surface area (Å²) in [5, 5.41) is 9.67. The smallest absolute Gasteiger partial charge is 0.101 e. The van der Waals surface area contributed by atoms with Gasteiger partial charge in [0, 0.05) is 0 Å². The van der Waals surface area contributed by atoms with Crippen LogP contribution < -0.4 is 11.3 Å². The van der Waals surface area contributed by atoms with E-state index in [0.29, 0.717) is 12.2 Å². The fourth-order valence-electron chi connectivity index (χ4n) is 1.02. The topological polar surface area (TPSA) is 71.2 Å². The Morgan fingerprint density at radius 1 is 1.50 bits per heavy atom. The molecule has 4 nitrogen and oxygen atoms in total. The number of hydrogen-bond donors (Lipinski definition) is 3. The van der Waals surface area contributed by atoms with Crippen LogP contribution in [-0.4, -0.2) is 10.1 Å². The molecule has 1 rings (SSSR count). The summed E-state index contributed by atoms with van der Waals surface area (Å²) in [6, 6.07) is 5.50. The second-order valence-corrected chi connectivity index (χ2v) is 3.45. The lowest BCUT2D eigenvalue weighted by Gasteiger charge is -2.16. The van der Waals surface area contributed by atoms with E-state index in [-0.39, 0.29) is 12.4 Å². The van der Waals surface area contributed by atoms with Gasteiger partial charge in [-0.05, 0) is 26.0 Å². The van der Waals surface area contributed by atoms with Crippen molar-refractivity contribution in [2.24, 2.45) is 5.84 Å². The first kappa shape index (κ1) is 13.3. The van der Waals surface area contributed by atoms with E-state index in [1.54, 1.807) is 19.9 Å². The molecule has 0 atom stereocenters. The van der Waals surface area contributed by atoms with E-state index in [0.717, 1.165) is 5.69 Å². The Bertz CT molecular complexity index is 286. The van der Waals surface area contributed by atoms with Crippen LogP contribution in [0.2, 0.25) is 0 Å². The van der Waals surface area contributed by atoms with Gasteiger partial charge < -0.3 is 5.11 Å². The second kappa shape index (κ2) is 5.26. The largest absolute Gasteiger partial charge is 0.384 e. The normalized spacial score (nSPS) is 10.9. The average Bonchev–Trinajstić information content (AvgIpc) is 2.04. The molecule has 0 aromatic carbocycles. The molecule has 0 saturated carbocycles. The Kier molecular flexibility index (Phi) is 5.01. The maximum Gasteiger partial charge on any atom is 0.101 e. The van der Waals surface area contributed by atoms with Gasteiger partial charge in [0.05, 0.1) is 17.9 Å². The highest BCUT2D eigenvalue weighted by Gasteiger charge is 2.17. The summed E-state index contributed by atoms with van der Waals surface area (Å²) >= 11 is 0. The minimum absolute atomic E-state index is 0. The van der Waals surface area contributed by atoms with Crippen molar-refractivity contribution in [2.75, 3.05) is 0 Å². The minimum atomic E-state index is -0.898. The lowest BCUT2D eigenvalue weighted by molar-refractivity contribution is 0.0736. The van der Waals surface area contributed by atoms with E-state index < -0.39 is 5.60 Å². The first-order chi connectivity index (χ1) is 6.04. The van der Waals surface area contributed by atoms with Crippen LogP contribution in [0.25, 0.3) is 0 Å². The van der Waals surface area contributed by atoms with Gasteiger partial charge in [-0.25, -0.2) is 0 Å². The van der Waals surface area contributed by atoms with Crippen LogP contribution in [0.3, 0.4) is 0 Å². The molecule has 0 bridgehead atoms. The Morgan fingerprint density at radius 2 is 2.14 bits per heavy atom. The van der Waals surface area contributed by atoms with E-state index in [9.17, 15) is 5.11 Å². The highest BCUT2D eigenvalue weighted by Crippen LogP contribution is 2.16. The molecule has 0 radical (unpaired) electrons. The molecule has 1 aromatic rings. The Labute approximate surface area is 89.9 Å². The molecule has 0 amide bonds. The number of hydrazine groups is 1. The zero-order valence-electron chi connectivity index (χ0n) is 8.32. The van der Waals surface area contributed by atoms with Crippen LogP contribution in [0.15, 0.2) is 18.2 Å².